The minimum atomic E-state index is -1.05. The zero-order chi connectivity index (χ0) is 9.61. The molecule has 2 nitrogen and oxygen atoms in total. The van der Waals surface area contributed by atoms with Crippen LogP contribution in [0.1, 0.15) is 0 Å². The van der Waals surface area contributed by atoms with Gasteiger partial charge in [-0.3, -0.25) is 0 Å². The Balaban J connectivity index is 3.51. The predicted octanol–water partition coefficient (Wildman–Crippen LogP) is 2.82. The summed E-state index contributed by atoms with van der Waals surface area (Å²) in [6.07, 6.45) is 1.44. The SMILES string of the molecule is C[Si](C)(C)CCOC(=O)/C=C\I. The number of carbonyl (C=O) groups excluding carboxylic acids is 1. The van der Waals surface area contributed by atoms with Gasteiger partial charge in [0, 0.05) is 14.1 Å². The molecule has 0 rings (SSSR count). The lowest BCUT2D eigenvalue weighted by Crippen LogP contribution is -2.22. The molecule has 0 N–H and O–H groups in total. The van der Waals surface area contributed by atoms with E-state index in [-0.39, 0.29) is 5.97 Å². The molecule has 0 heterocycles. The van der Waals surface area contributed by atoms with Crippen molar-refractivity contribution in [2.75, 3.05) is 6.61 Å². The van der Waals surface area contributed by atoms with E-state index in [0.29, 0.717) is 6.61 Å². The maximum absolute atomic E-state index is 10.8. The van der Waals surface area contributed by atoms with Gasteiger partial charge in [-0.05, 0) is 10.1 Å². The van der Waals surface area contributed by atoms with Gasteiger partial charge in [-0.25, -0.2) is 4.79 Å². The van der Waals surface area contributed by atoms with Crippen LogP contribution in [0.5, 0.6) is 0 Å². The molecule has 0 atom stereocenters. The number of esters is 1. The summed E-state index contributed by atoms with van der Waals surface area (Å²) in [6, 6.07) is 1.04. The Morgan fingerprint density at radius 3 is 2.50 bits per heavy atom. The normalized spacial score (nSPS) is 12.0. The van der Waals surface area contributed by atoms with Crippen molar-refractivity contribution in [2.45, 2.75) is 25.7 Å². The van der Waals surface area contributed by atoms with Gasteiger partial charge in [0.15, 0.2) is 0 Å². The van der Waals surface area contributed by atoms with Crippen LogP contribution in [0.2, 0.25) is 25.7 Å². The minimum Gasteiger partial charge on any atom is -0.463 e. The van der Waals surface area contributed by atoms with Crippen molar-refractivity contribution >= 4 is 36.6 Å². The van der Waals surface area contributed by atoms with Crippen LogP contribution in [0.4, 0.5) is 0 Å². The summed E-state index contributed by atoms with van der Waals surface area (Å²) in [6.45, 7) is 7.34. The van der Waals surface area contributed by atoms with Gasteiger partial charge < -0.3 is 4.74 Å². The van der Waals surface area contributed by atoms with Gasteiger partial charge in [-0.15, -0.1) is 0 Å². The van der Waals surface area contributed by atoms with Crippen LogP contribution in [-0.4, -0.2) is 20.7 Å². The van der Waals surface area contributed by atoms with Gasteiger partial charge >= 0.3 is 5.97 Å². The third-order valence-electron chi connectivity index (χ3n) is 1.30. The molecule has 0 bridgehead atoms. The Morgan fingerprint density at radius 2 is 2.08 bits per heavy atom. The number of rotatable bonds is 4. The zero-order valence-electron chi connectivity index (χ0n) is 7.76. The second-order valence-electron chi connectivity index (χ2n) is 3.77. The molecule has 0 aliphatic heterocycles. The molecule has 0 unspecified atom stereocenters. The topological polar surface area (TPSA) is 26.3 Å². The van der Waals surface area contributed by atoms with Gasteiger partial charge in [0.2, 0.25) is 0 Å². The van der Waals surface area contributed by atoms with Crippen molar-refractivity contribution in [3.05, 3.63) is 10.2 Å². The van der Waals surface area contributed by atoms with Gasteiger partial charge in [0.05, 0.1) is 6.61 Å². The molecule has 0 aromatic carbocycles. The van der Waals surface area contributed by atoms with Gasteiger partial charge in [0.25, 0.3) is 0 Å². The fraction of sp³-hybridized carbons (Fsp3) is 0.625. The van der Waals surface area contributed by atoms with Crippen molar-refractivity contribution < 1.29 is 9.53 Å². The molecular weight excluding hydrogens is 283 g/mol. The molecule has 0 aromatic rings. The highest BCUT2D eigenvalue weighted by molar-refractivity contribution is 14.1. The van der Waals surface area contributed by atoms with E-state index >= 15 is 0 Å². The monoisotopic (exact) mass is 298 g/mol. The van der Waals surface area contributed by atoms with Crippen LogP contribution < -0.4 is 0 Å². The van der Waals surface area contributed by atoms with Crippen molar-refractivity contribution in [3.63, 3.8) is 0 Å². The molecule has 12 heavy (non-hydrogen) atoms. The number of hydrogen-bond donors (Lipinski definition) is 0. The summed E-state index contributed by atoms with van der Waals surface area (Å²) in [5, 5.41) is 0. The number of ether oxygens (including phenoxy) is 1. The smallest absolute Gasteiger partial charge is 0.331 e. The van der Waals surface area contributed by atoms with Crippen LogP contribution in [-0.2, 0) is 9.53 Å². The van der Waals surface area contributed by atoms with E-state index in [4.69, 9.17) is 4.74 Å². The largest absolute Gasteiger partial charge is 0.463 e. The van der Waals surface area contributed by atoms with Gasteiger partial charge in [-0.1, -0.05) is 42.2 Å². The summed E-state index contributed by atoms with van der Waals surface area (Å²) >= 11 is 2.00. The third-order valence-corrected chi connectivity index (χ3v) is 3.36. The Hall–Kier alpha value is 0.157. The number of halogens is 1. The molecule has 0 amide bonds. The van der Waals surface area contributed by atoms with E-state index in [1.807, 2.05) is 22.6 Å². The van der Waals surface area contributed by atoms with Crippen LogP contribution in [0, 0.1) is 0 Å². The summed E-state index contributed by atoms with van der Waals surface area (Å²) in [5.74, 6) is -0.234. The average Bonchev–Trinajstić information content (AvgIpc) is 1.84. The van der Waals surface area contributed by atoms with Crippen LogP contribution >= 0.6 is 22.6 Å². The molecule has 4 heteroatoms. The Morgan fingerprint density at radius 1 is 1.50 bits per heavy atom. The lowest BCUT2D eigenvalue weighted by molar-refractivity contribution is -0.137. The van der Waals surface area contributed by atoms with E-state index in [1.54, 1.807) is 4.08 Å². The van der Waals surface area contributed by atoms with Crippen LogP contribution in [0.3, 0.4) is 0 Å². The quantitative estimate of drug-likeness (QED) is 0.345. The standard InChI is InChI=1S/C8H15IO2Si/c1-12(2,3)7-6-11-8(10)4-5-9/h4-5H,6-7H2,1-3H3/b5-4-. The second-order valence-corrected chi connectivity index (χ2v) is 10.1. The zero-order valence-corrected chi connectivity index (χ0v) is 10.9. The molecular formula is C8H15IO2Si. The highest BCUT2D eigenvalue weighted by atomic mass is 127. The van der Waals surface area contributed by atoms with E-state index in [0.717, 1.165) is 6.04 Å². The van der Waals surface area contributed by atoms with Crippen molar-refractivity contribution in [1.82, 2.24) is 0 Å². The highest BCUT2D eigenvalue weighted by Gasteiger charge is 2.12. The molecule has 0 spiro atoms. The van der Waals surface area contributed by atoms with Gasteiger partial charge in [0.1, 0.15) is 0 Å². The maximum atomic E-state index is 10.8. The van der Waals surface area contributed by atoms with Gasteiger partial charge in [-0.2, -0.15) is 0 Å². The van der Waals surface area contributed by atoms with E-state index in [9.17, 15) is 4.79 Å². The Bertz CT molecular complexity index is 172. The van der Waals surface area contributed by atoms with Crippen LogP contribution in [0.25, 0.3) is 0 Å². The lowest BCUT2D eigenvalue weighted by Gasteiger charge is -2.14. The fourth-order valence-corrected chi connectivity index (χ4v) is 1.57. The Labute approximate surface area is 88.5 Å². The summed E-state index contributed by atoms with van der Waals surface area (Å²) < 4.78 is 6.62. The van der Waals surface area contributed by atoms with E-state index in [1.165, 1.54) is 6.08 Å². The lowest BCUT2D eigenvalue weighted by atomic mass is 10.6. The first-order valence-electron chi connectivity index (χ1n) is 3.89. The summed E-state index contributed by atoms with van der Waals surface area (Å²) in [7, 11) is -1.05. The highest BCUT2D eigenvalue weighted by Crippen LogP contribution is 2.07. The molecule has 0 saturated heterocycles. The molecule has 0 aliphatic rings. The molecule has 0 radical (unpaired) electrons. The average molecular weight is 298 g/mol. The minimum absolute atomic E-state index is 0.234. The molecule has 0 fully saturated rings. The summed E-state index contributed by atoms with van der Waals surface area (Å²) in [4.78, 5) is 10.8. The maximum Gasteiger partial charge on any atom is 0.331 e. The first kappa shape index (κ1) is 12.2. The number of carbonyl (C=O) groups is 1. The Kier molecular flexibility index (Phi) is 5.82. The molecule has 70 valence electrons. The van der Waals surface area contributed by atoms with Crippen LogP contribution in [0.15, 0.2) is 10.2 Å². The molecule has 0 aliphatic carbocycles. The van der Waals surface area contributed by atoms with E-state index < -0.39 is 8.07 Å². The molecule has 0 saturated carbocycles. The molecule has 0 aromatic heterocycles. The first-order valence-corrected chi connectivity index (χ1v) is 8.84. The van der Waals surface area contributed by atoms with Crippen molar-refractivity contribution in [2.24, 2.45) is 0 Å². The third kappa shape index (κ3) is 8.26. The predicted molar refractivity (Wildman–Crippen MR) is 62.3 cm³/mol. The fourth-order valence-electron chi connectivity index (χ4n) is 0.557. The van der Waals surface area contributed by atoms with Crippen molar-refractivity contribution in [1.29, 1.82) is 0 Å². The number of hydrogen-bond acceptors (Lipinski definition) is 2. The first-order chi connectivity index (χ1) is 5.45. The summed E-state index contributed by atoms with van der Waals surface area (Å²) in [5.41, 5.74) is 0. The van der Waals surface area contributed by atoms with Crippen molar-refractivity contribution in [3.8, 4) is 0 Å². The second kappa shape index (κ2) is 5.74. The van der Waals surface area contributed by atoms with E-state index in [2.05, 4.69) is 19.6 Å².